The van der Waals surface area contributed by atoms with Gasteiger partial charge in [0, 0.05) is 19.6 Å². The van der Waals surface area contributed by atoms with E-state index in [1.165, 1.54) is 28.8 Å². The Kier molecular flexibility index (Phi) is 7.13. The molecule has 2 atom stereocenters. The minimum Gasteiger partial charge on any atom is -0.354 e. The molecule has 1 amide bonds. The first-order valence-corrected chi connectivity index (χ1v) is 12.2. The number of hydrogen-bond acceptors (Lipinski definition) is 5. The highest BCUT2D eigenvalue weighted by Crippen LogP contribution is 2.29. The van der Waals surface area contributed by atoms with Crippen LogP contribution in [0.1, 0.15) is 29.2 Å². The van der Waals surface area contributed by atoms with Crippen LogP contribution in [0.4, 0.5) is 4.39 Å². The van der Waals surface area contributed by atoms with Crippen LogP contribution in [0, 0.1) is 12.7 Å². The van der Waals surface area contributed by atoms with Crippen molar-refractivity contribution in [1.82, 2.24) is 30.4 Å². The van der Waals surface area contributed by atoms with Crippen molar-refractivity contribution in [2.24, 2.45) is 0 Å². The molecule has 36 heavy (non-hydrogen) atoms. The van der Waals surface area contributed by atoms with E-state index in [0.29, 0.717) is 32.5 Å². The molecule has 2 heterocycles. The number of amides is 1. The van der Waals surface area contributed by atoms with Gasteiger partial charge < -0.3 is 5.32 Å². The number of halogens is 1. The second-order valence-corrected chi connectivity index (χ2v) is 9.30. The fourth-order valence-electron chi connectivity index (χ4n) is 4.87. The minimum atomic E-state index is -0.288. The predicted octanol–water partition coefficient (Wildman–Crippen LogP) is 3.96. The lowest BCUT2D eigenvalue weighted by Gasteiger charge is -2.23. The molecule has 1 aliphatic heterocycles. The van der Waals surface area contributed by atoms with Gasteiger partial charge in [-0.05, 0) is 70.1 Å². The first-order valence-electron chi connectivity index (χ1n) is 12.2. The first kappa shape index (κ1) is 23.8. The Balaban J connectivity index is 1.26. The Morgan fingerprint density at radius 2 is 1.78 bits per heavy atom. The minimum absolute atomic E-state index is 0.00998. The van der Waals surface area contributed by atoms with Crippen molar-refractivity contribution in [2.45, 2.75) is 38.4 Å². The molecule has 1 N–H and O–H groups in total. The second kappa shape index (κ2) is 10.8. The summed E-state index contributed by atoms with van der Waals surface area (Å²) in [6.45, 7) is 3.95. The summed E-state index contributed by atoms with van der Waals surface area (Å²) in [5.74, 6) is -0.269. The quantitative estimate of drug-likeness (QED) is 0.410. The number of carbonyl (C=O) groups is 1. The lowest BCUT2D eigenvalue weighted by atomic mass is 9.99. The van der Waals surface area contributed by atoms with Crippen LogP contribution in [-0.2, 0) is 17.8 Å². The zero-order valence-corrected chi connectivity index (χ0v) is 20.2. The van der Waals surface area contributed by atoms with Gasteiger partial charge in [-0.2, -0.15) is 0 Å². The molecule has 0 aliphatic carbocycles. The number of rotatable bonds is 8. The van der Waals surface area contributed by atoms with Crippen molar-refractivity contribution in [3.63, 3.8) is 0 Å². The molecule has 0 bridgehead atoms. The van der Waals surface area contributed by atoms with Crippen molar-refractivity contribution in [3.05, 3.63) is 102 Å². The number of aromatic nitrogens is 4. The topological polar surface area (TPSA) is 75.9 Å². The summed E-state index contributed by atoms with van der Waals surface area (Å²) in [6.07, 6.45) is 2.89. The summed E-state index contributed by atoms with van der Waals surface area (Å²) < 4.78 is 14.9. The molecule has 0 radical (unpaired) electrons. The highest BCUT2D eigenvalue weighted by atomic mass is 19.1. The van der Waals surface area contributed by atoms with Crippen molar-refractivity contribution >= 4 is 5.91 Å². The van der Waals surface area contributed by atoms with Crippen LogP contribution in [-0.4, -0.2) is 50.1 Å². The molecule has 8 heteroatoms. The maximum atomic E-state index is 13.2. The van der Waals surface area contributed by atoms with Crippen LogP contribution < -0.4 is 5.32 Å². The Labute approximate surface area is 210 Å². The number of nitrogens with zero attached hydrogens (tertiary/aromatic N) is 5. The van der Waals surface area contributed by atoms with E-state index in [1.54, 1.807) is 23.1 Å². The SMILES string of the molecule is Cc1ccccc1-c1ccc(CN2C[C@@H](n3cnnn3)C[C@H]2C(=O)NCCc2ccc(F)cc2)cc1. The number of carbonyl (C=O) groups excluding carboxylic acids is 1. The van der Waals surface area contributed by atoms with Gasteiger partial charge >= 0.3 is 0 Å². The Hall–Kier alpha value is -3.91. The highest BCUT2D eigenvalue weighted by Gasteiger charge is 2.38. The van der Waals surface area contributed by atoms with E-state index >= 15 is 0 Å². The molecule has 4 aromatic rings. The Morgan fingerprint density at radius 1 is 1.03 bits per heavy atom. The van der Waals surface area contributed by atoms with Gasteiger partial charge in [-0.15, -0.1) is 5.10 Å². The third-order valence-electron chi connectivity index (χ3n) is 6.84. The van der Waals surface area contributed by atoms with E-state index in [-0.39, 0.29) is 23.8 Å². The van der Waals surface area contributed by atoms with Crippen LogP contribution in [0.25, 0.3) is 11.1 Å². The van der Waals surface area contributed by atoms with E-state index in [4.69, 9.17) is 0 Å². The van der Waals surface area contributed by atoms with Crippen LogP contribution >= 0.6 is 0 Å². The summed E-state index contributed by atoms with van der Waals surface area (Å²) in [6, 6.07) is 23.0. The molecule has 3 aromatic carbocycles. The summed E-state index contributed by atoms with van der Waals surface area (Å²) in [7, 11) is 0. The smallest absolute Gasteiger partial charge is 0.237 e. The predicted molar refractivity (Wildman–Crippen MR) is 135 cm³/mol. The molecule has 184 valence electrons. The number of tetrazole rings is 1. The summed E-state index contributed by atoms with van der Waals surface area (Å²) in [5.41, 5.74) is 5.78. The van der Waals surface area contributed by atoms with Crippen molar-refractivity contribution in [2.75, 3.05) is 13.1 Å². The number of aryl methyl sites for hydroxylation is 1. The van der Waals surface area contributed by atoms with Gasteiger partial charge in [0.2, 0.25) is 5.91 Å². The number of hydrogen-bond donors (Lipinski definition) is 1. The van der Waals surface area contributed by atoms with Crippen LogP contribution in [0.3, 0.4) is 0 Å². The normalized spacial score (nSPS) is 17.8. The molecular formula is C28H29FN6O. The van der Waals surface area contributed by atoms with Gasteiger partial charge in [-0.3, -0.25) is 9.69 Å². The zero-order chi connectivity index (χ0) is 24.9. The van der Waals surface area contributed by atoms with E-state index in [9.17, 15) is 9.18 Å². The average Bonchev–Trinajstić information content (AvgIpc) is 3.57. The van der Waals surface area contributed by atoms with Gasteiger partial charge in [0.15, 0.2) is 0 Å². The Morgan fingerprint density at radius 3 is 2.50 bits per heavy atom. The molecule has 0 spiro atoms. The monoisotopic (exact) mass is 484 g/mol. The lowest BCUT2D eigenvalue weighted by Crippen LogP contribution is -2.43. The average molecular weight is 485 g/mol. The number of likely N-dealkylation sites (tertiary alicyclic amines) is 1. The van der Waals surface area contributed by atoms with Gasteiger partial charge in [0.1, 0.15) is 12.1 Å². The molecule has 0 saturated carbocycles. The standard InChI is InChI=1S/C28H29FN6O/c1-20-4-2-3-5-26(20)23-10-6-22(7-11-23)17-34-18-25(35-19-31-32-33-35)16-27(34)28(36)30-15-14-21-8-12-24(29)13-9-21/h2-13,19,25,27H,14-18H2,1H3,(H,30,36)/t25-,27-/m0/s1. The largest absolute Gasteiger partial charge is 0.354 e. The molecule has 1 fully saturated rings. The molecule has 1 aliphatic rings. The van der Waals surface area contributed by atoms with Crippen molar-refractivity contribution in [3.8, 4) is 11.1 Å². The van der Waals surface area contributed by atoms with E-state index < -0.39 is 0 Å². The molecule has 1 aromatic heterocycles. The summed E-state index contributed by atoms with van der Waals surface area (Å²) >= 11 is 0. The van der Waals surface area contributed by atoms with Gasteiger partial charge in [-0.25, -0.2) is 9.07 Å². The molecular weight excluding hydrogens is 455 g/mol. The fraction of sp³-hybridized carbons (Fsp3) is 0.286. The van der Waals surface area contributed by atoms with Crippen LogP contribution in [0.2, 0.25) is 0 Å². The molecule has 7 nitrogen and oxygen atoms in total. The molecule has 0 unspecified atom stereocenters. The number of benzene rings is 3. The van der Waals surface area contributed by atoms with Crippen LogP contribution in [0.5, 0.6) is 0 Å². The zero-order valence-electron chi connectivity index (χ0n) is 20.2. The van der Waals surface area contributed by atoms with Crippen molar-refractivity contribution < 1.29 is 9.18 Å². The van der Waals surface area contributed by atoms with E-state index in [1.807, 2.05) is 6.07 Å². The van der Waals surface area contributed by atoms with E-state index in [2.05, 4.69) is 75.1 Å². The molecule has 5 rings (SSSR count). The summed E-state index contributed by atoms with van der Waals surface area (Å²) in [5, 5.41) is 14.7. The third kappa shape index (κ3) is 5.49. The Bertz CT molecular complexity index is 1290. The fourth-order valence-corrected chi connectivity index (χ4v) is 4.87. The summed E-state index contributed by atoms with van der Waals surface area (Å²) in [4.78, 5) is 15.4. The van der Waals surface area contributed by atoms with Gasteiger partial charge in [0.05, 0.1) is 12.1 Å². The van der Waals surface area contributed by atoms with Crippen LogP contribution in [0.15, 0.2) is 79.1 Å². The number of nitrogens with one attached hydrogen (secondary N) is 1. The second-order valence-electron chi connectivity index (χ2n) is 9.30. The third-order valence-corrected chi connectivity index (χ3v) is 6.84. The van der Waals surface area contributed by atoms with E-state index in [0.717, 1.165) is 11.1 Å². The van der Waals surface area contributed by atoms with Crippen molar-refractivity contribution in [1.29, 1.82) is 0 Å². The highest BCUT2D eigenvalue weighted by molar-refractivity contribution is 5.82. The molecule has 1 saturated heterocycles. The first-order chi connectivity index (χ1) is 17.6. The van der Waals surface area contributed by atoms with Gasteiger partial charge in [-0.1, -0.05) is 60.7 Å². The maximum absolute atomic E-state index is 13.2. The van der Waals surface area contributed by atoms with Gasteiger partial charge in [0.25, 0.3) is 0 Å². The maximum Gasteiger partial charge on any atom is 0.237 e. The lowest BCUT2D eigenvalue weighted by molar-refractivity contribution is -0.125.